The van der Waals surface area contributed by atoms with Crippen molar-refractivity contribution in [3.63, 3.8) is 0 Å². The van der Waals surface area contributed by atoms with Gasteiger partial charge in [0.05, 0.1) is 11.6 Å². The minimum Gasteiger partial charge on any atom is -0.507 e. The molecule has 1 aliphatic heterocycles. The lowest BCUT2D eigenvalue weighted by Crippen LogP contribution is -2.33. The Morgan fingerprint density at radius 1 is 1.11 bits per heavy atom. The Bertz CT molecular complexity index is 842. The molecule has 1 N–H and O–H groups in total. The van der Waals surface area contributed by atoms with E-state index in [0.717, 1.165) is 30.9 Å². The molecule has 1 fully saturated rings. The quantitative estimate of drug-likeness (QED) is 0.416. The van der Waals surface area contributed by atoms with E-state index in [9.17, 15) is 14.7 Å². The summed E-state index contributed by atoms with van der Waals surface area (Å²) in [5.74, 6) is -1.25. The Labute approximate surface area is 169 Å². The van der Waals surface area contributed by atoms with Crippen LogP contribution in [0.1, 0.15) is 36.8 Å². The lowest BCUT2D eigenvalue weighted by molar-refractivity contribution is -0.139. The van der Waals surface area contributed by atoms with Crippen LogP contribution in [0.15, 0.2) is 53.4 Å². The predicted molar refractivity (Wildman–Crippen MR) is 112 cm³/mol. The number of Topliss-reactive ketones (excluding diaryl/α,β-unsaturated/α-hetero) is 1. The van der Waals surface area contributed by atoms with Gasteiger partial charge in [-0.2, -0.15) is 0 Å². The first-order chi connectivity index (χ1) is 13.6. The molecule has 1 aromatic carbocycles. The number of hydrogen-bond donors (Lipinski definition) is 1. The molecule has 0 radical (unpaired) electrons. The van der Waals surface area contributed by atoms with Gasteiger partial charge in [-0.05, 0) is 37.5 Å². The Kier molecular flexibility index (Phi) is 6.65. The van der Waals surface area contributed by atoms with Gasteiger partial charge in [-0.3, -0.25) is 9.59 Å². The highest BCUT2D eigenvalue weighted by Crippen LogP contribution is 2.41. The standard InChI is InChI=1S/C22H26N2O3S/c1-3-23(4-2)13-9-14-24-19(17-12-8-15-28-17)18(21(26)22(24)27)20(25)16-10-6-5-7-11-16/h5-8,10-12,15,19,25H,3-4,9,13-14H2,1-2H3/b20-18+/t19-/m0/s1. The molecular formula is C22H26N2O3S. The van der Waals surface area contributed by atoms with E-state index in [1.807, 2.05) is 23.6 Å². The largest absolute Gasteiger partial charge is 0.507 e. The third-order valence-corrected chi connectivity index (χ3v) is 6.09. The van der Waals surface area contributed by atoms with Crippen LogP contribution in [-0.4, -0.2) is 52.8 Å². The molecule has 1 amide bonds. The second-order valence-electron chi connectivity index (χ2n) is 6.75. The Hall–Kier alpha value is -2.44. The summed E-state index contributed by atoms with van der Waals surface area (Å²) in [7, 11) is 0. The molecule has 0 saturated carbocycles. The number of nitrogens with zero attached hydrogens (tertiary/aromatic N) is 2. The van der Waals surface area contributed by atoms with Crippen LogP contribution in [0.25, 0.3) is 5.76 Å². The molecule has 6 heteroatoms. The summed E-state index contributed by atoms with van der Waals surface area (Å²) in [5.41, 5.74) is 0.728. The van der Waals surface area contributed by atoms with E-state index in [-0.39, 0.29) is 11.3 Å². The van der Waals surface area contributed by atoms with Gasteiger partial charge >= 0.3 is 0 Å². The molecule has 0 aliphatic carbocycles. The van der Waals surface area contributed by atoms with Crippen molar-refractivity contribution in [2.75, 3.05) is 26.2 Å². The second kappa shape index (κ2) is 9.17. The summed E-state index contributed by atoms with van der Waals surface area (Å²) in [6.45, 7) is 7.48. The van der Waals surface area contributed by atoms with Crippen molar-refractivity contribution < 1.29 is 14.7 Å². The van der Waals surface area contributed by atoms with Crippen molar-refractivity contribution in [3.8, 4) is 0 Å². The molecule has 0 spiro atoms. The van der Waals surface area contributed by atoms with Crippen molar-refractivity contribution in [2.45, 2.75) is 26.3 Å². The summed E-state index contributed by atoms with van der Waals surface area (Å²) < 4.78 is 0. The maximum atomic E-state index is 12.8. The first-order valence-electron chi connectivity index (χ1n) is 9.68. The van der Waals surface area contributed by atoms with Crippen molar-refractivity contribution >= 4 is 28.8 Å². The summed E-state index contributed by atoms with van der Waals surface area (Å²) in [6, 6.07) is 12.2. The summed E-state index contributed by atoms with van der Waals surface area (Å²) >= 11 is 1.49. The Morgan fingerprint density at radius 2 is 1.82 bits per heavy atom. The van der Waals surface area contributed by atoms with Gasteiger partial charge in [-0.15, -0.1) is 11.3 Å². The van der Waals surface area contributed by atoms with Gasteiger partial charge in [0, 0.05) is 17.0 Å². The van der Waals surface area contributed by atoms with E-state index >= 15 is 0 Å². The molecule has 1 aliphatic rings. The van der Waals surface area contributed by atoms with Crippen LogP contribution >= 0.6 is 11.3 Å². The fourth-order valence-corrected chi connectivity index (χ4v) is 4.45. The van der Waals surface area contributed by atoms with E-state index < -0.39 is 17.7 Å². The zero-order valence-corrected chi connectivity index (χ0v) is 17.1. The van der Waals surface area contributed by atoms with E-state index in [2.05, 4.69) is 18.7 Å². The van der Waals surface area contributed by atoms with Gasteiger partial charge < -0.3 is 14.9 Å². The van der Waals surface area contributed by atoms with Crippen molar-refractivity contribution in [3.05, 3.63) is 63.9 Å². The molecule has 2 aromatic rings. The van der Waals surface area contributed by atoms with Gasteiger partial charge in [0.1, 0.15) is 5.76 Å². The number of amides is 1. The van der Waals surface area contributed by atoms with E-state index in [4.69, 9.17) is 0 Å². The number of aliphatic hydroxyl groups excluding tert-OH is 1. The number of carbonyl (C=O) groups excluding carboxylic acids is 2. The van der Waals surface area contributed by atoms with Crippen LogP contribution in [0.5, 0.6) is 0 Å². The normalized spacial score (nSPS) is 19.0. The molecule has 148 valence electrons. The van der Waals surface area contributed by atoms with Crippen LogP contribution in [0.3, 0.4) is 0 Å². The van der Waals surface area contributed by atoms with Crippen LogP contribution in [0.4, 0.5) is 0 Å². The van der Waals surface area contributed by atoms with Gasteiger partial charge in [-0.25, -0.2) is 0 Å². The minimum absolute atomic E-state index is 0.108. The SMILES string of the molecule is CCN(CC)CCCN1C(=O)C(=O)/C(=C(/O)c2ccccc2)[C@@H]1c1cccs1. The first kappa shape index (κ1) is 20.3. The summed E-state index contributed by atoms with van der Waals surface area (Å²) in [4.78, 5) is 30.4. The average Bonchev–Trinajstić information content (AvgIpc) is 3.33. The fraction of sp³-hybridized carbons (Fsp3) is 0.364. The summed E-state index contributed by atoms with van der Waals surface area (Å²) in [6.07, 6.45) is 0.780. The maximum Gasteiger partial charge on any atom is 0.295 e. The topological polar surface area (TPSA) is 60.9 Å². The molecular weight excluding hydrogens is 372 g/mol. The van der Waals surface area contributed by atoms with E-state index in [1.165, 1.54) is 11.3 Å². The highest BCUT2D eigenvalue weighted by Gasteiger charge is 2.46. The lowest BCUT2D eigenvalue weighted by atomic mass is 10.00. The Morgan fingerprint density at radius 3 is 2.43 bits per heavy atom. The number of likely N-dealkylation sites (tertiary alicyclic amines) is 1. The zero-order valence-electron chi connectivity index (χ0n) is 16.3. The second-order valence-corrected chi connectivity index (χ2v) is 7.73. The van der Waals surface area contributed by atoms with Crippen molar-refractivity contribution in [1.82, 2.24) is 9.80 Å². The number of ketones is 1. The van der Waals surface area contributed by atoms with Crippen LogP contribution < -0.4 is 0 Å². The highest BCUT2D eigenvalue weighted by atomic mass is 32.1. The van der Waals surface area contributed by atoms with E-state index in [1.54, 1.807) is 29.2 Å². The number of carbonyl (C=O) groups is 2. The molecule has 0 bridgehead atoms. The smallest absolute Gasteiger partial charge is 0.295 e. The zero-order chi connectivity index (χ0) is 20.1. The van der Waals surface area contributed by atoms with Crippen LogP contribution in [0.2, 0.25) is 0 Å². The third kappa shape index (κ3) is 4.03. The van der Waals surface area contributed by atoms with Gasteiger partial charge in [0.25, 0.3) is 11.7 Å². The molecule has 28 heavy (non-hydrogen) atoms. The number of rotatable bonds is 8. The van der Waals surface area contributed by atoms with Crippen LogP contribution in [-0.2, 0) is 9.59 Å². The third-order valence-electron chi connectivity index (χ3n) is 5.17. The lowest BCUT2D eigenvalue weighted by Gasteiger charge is -2.25. The number of hydrogen-bond acceptors (Lipinski definition) is 5. The number of benzene rings is 1. The monoisotopic (exact) mass is 398 g/mol. The fourth-order valence-electron chi connectivity index (χ4n) is 3.61. The van der Waals surface area contributed by atoms with Crippen LogP contribution in [0, 0.1) is 0 Å². The minimum atomic E-state index is -0.609. The van der Waals surface area contributed by atoms with Gasteiger partial charge in [0.2, 0.25) is 0 Å². The van der Waals surface area contributed by atoms with Crippen molar-refractivity contribution in [2.24, 2.45) is 0 Å². The van der Waals surface area contributed by atoms with Gasteiger partial charge in [-0.1, -0.05) is 50.2 Å². The average molecular weight is 399 g/mol. The maximum absolute atomic E-state index is 12.8. The van der Waals surface area contributed by atoms with Crippen molar-refractivity contribution in [1.29, 1.82) is 0 Å². The number of aliphatic hydroxyl groups is 1. The molecule has 1 atom stereocenters. The molecule has 2 heterocycles. The molecule has 1 saturated heterocycles. The molecule has 3 rings (SSSR count). The first-order valence-corrected chi connectivity index (χ1v) is 10.6. The number of thiophene rings is 1. The summed E-state index contributed by atoms with van der Waals surface area (Å²) in [5, 5.41) is 12.8. The molecule has 5 nitrogen and oxygen atoms in total. The Balaban J connectivity index is 1.94. The molecule has 1 aromatic heterocycles. The molecule has 0 unspecified atom stereocenters. The highest BCUT2D eigenvalue weighted by molar-refractivity contribution is 7.10. The van der Waals surface area contributed by atoms with E-state index in [0.29, 0.717) is 12.1 Å². The van der Waals surface area contributed by atoms with Gasteiger partial charge in [0.15, 0.2) is 0 Å². The predicted octanol–water partition coefficient (Wildman–Crippen LogP) is 3.90.